The Morgan fingerprint density at radius 3 is 2.68 bits per heavy atom. The first kappa shape index (κ1) is 13.1. The summed E-state index contributed by atoms with van der Waals surface area (Å²) in [5.41, 5.74) is 7.83. The molecule has 2 rings (SSSR count). The minimum absolute atomic E-state index is 0.145. The van der Waals surface area contributed by atoms with Crippen LogP contribution in [-0.4, -0.2) is 5.91 Å². The molecule has 2 aromatic carbocycles. The van der Waals surface area contributed by atoms with Gasteiger partial charge in [0.1, 0.15) is 5.82 Å². The molecule has 3 N–H and O–H groups in total. The maximum Gasteiger partial charge on any atom is 0.224 e. The largest absolute Gasteiger partial charge is 0.399 e. The Balaban J connectivity index is 1.88. The highest BCUT2D eigenvalue weighted by Crippen LogP contribution is 2.12. The summed E-state index contributed by atoms with van der Waals surface area (Å²) < 4.78 is 12.9. The van der Waals surface area contributed by atoms with Crippen LogP contribution in [0.3, 0.4) is 0 Å². The molecule has 19 heavy (non-hydrogen) atoms. The molecule has 0 aromatic heterocycles. The van der Waals surface area contributed by atoms with Crippen LogP contribution < -0.4 is 11.1 Å². The van der Waals surface area contributed by atoms with Crippen LogP contribution in [0.5, 0.6) is 0 Å². The highest BCUT2D eigenvalue weighted by atomic mass is 19.1. The van der Waals surface area contributed by atoms with E-state index in [-0.39, 0.29) is 11.7 Å². The van der Waals surface area contributed by atoms with E-state index in [9.17, 15) is 9.18 Å². The van der Waals surface area contributed by atoms with Gasteiger partial charge in [0.15, 0.2) is 0 Å². The van der Waals surface area contributed by atoms with Crippen LogP contribution >= 0.6 is 0 Å². The van der Waals surface area contributed by atoms with Crippen molar-refractivity contribution in [1.29, 1.82) is 0 Å². The Hall–Kier alpha value is -2.36. The monoisotopic (exact) mass is 258 g/mol. The number of rotatable bonds is 4. The van der Waals surface area contributed by atoms with Gasteiger partial charge in [0.25, 0.3) is 0 Å². The summed E-state index contributed by atoms with van der Waals surface area (Å²) in [4.78, 5) is 11.7. The molecule has 0 bridgehead atoms. The number of carbonyl (C=O) groups excluding carboxylic acids is 1. The molecule has 0 radical (unpaired) electrons. The van der Waals surface area contributed by atoms with Crippen LogP contribution in [0.25, 0.3) is 0 Å². The summed E-state index contributed by atoms with van der Waals surface area (Å²) in [6.07, 6.45) is 0.937. The molecule has 2 aromatic rings. The third kappa shape index (κ3) is 4.10. The first-order chi connectivity index (χ1) is 9.13. The van der Waals surface area contributed by atoms with E-state index in [0.717, 1.165) is 5.56 Å². The van der Waals surface area contributed by atoms with Crippen LogP contribution in [0.4, 0.5) is 15.8 Å². The number of nitrogen functional groups attached to an aromatic ring is 1. The fourth-order valence-corrected chi connectivity index (χ4v) is 1.80. The molecular formula is C15H15FN2O. The number of halogens is 1. The lowest BCUT2D eigenvalue weighted by Gasteiger charge is -2.05. The first-order valence-electron chi connectivity index (χ1n) is 6.03. The van der Waals surface area contributed by atoms with E-state index in [1.54, 1.807) is 18.2 Å². The van der Waals surface area contributed by atoms with Crippen molar-refractivity contribution in [3.63, 3.8) is 0 Å². The summed E-state index contributed by atoms with van der Waals surface area (Å²) in [6, 6.07) is 13.3. The topological polar surface area (TPSA) is 55.1 Å². The van der Waals surface area contributed by atoms with Crippen molar-refractivity contribution < 1.29 is 9.18 Å². The SMILES string of the molecule is Nc1cccc(CCC(=O)Nc2cccc(F)c2)c1. The summed E-state index contributed by atoms with van der Waals surface area (Å²) in [5, 5.41) is 2.66. The van der Waals surface area contributed by atoms with Gasteiger partial charge >= 0.3 is 0 Å². The number of carbonyl (C=O) groups is 1. The summed E-state index contributed by atoms with van der Waals surface area (Å²) in [7, 11) is 0. The lowest BCUT2D eigenvalue weighted by atomic mass is 10.1. The zero-order chi connectivity index (χ0) is 13.7. The highest BCUT2D eigenvalue weighted by molar-refractivity contribution is 5.90. The molecule has 3 nitrogen and oxygen atoms in total. The fraction of sp³-hybridized carbons (Fsp3) is 0.133. The molecule has 0 heterocycles. The van der Waals surface area contributed by atoms with E-state index in [1.165, 1.54) is 12.1 Å². The number of aryl methyl sites for hydroxylation is 1. The maximum absolute atomic E-state index is 12.9. The molecule has 0 spiro atoms. The Bertz CT molecular complexity index is 584. The van der Waals surface area contributed by atoms with Gasteiger partial charge in [0, 0.05) is 17.8 Å². The number of nitrogens with two attached hydrogens (primary N) is 1. The molecule has 0 saturated carbocycles. The molecule has 0 fully saturated rings. The van der Waals surface area contributed by atoms with E-state index >= 15 is 0 Å². The van der Waals surface area contributed by atoms with Gasteiger partial charge in [-0.15, -0.1) is 0 Å². The minimum atomic E-state index is -0.367. The Kier molecular flexibility index (Phi) is 4.13. The van der Waals surface area contributed by atoms with Crippen LogP contribution in [0.15, 0.2) is 48.5 Å². The van der Waals surface area contributed by atoms with E-state index in [0.29, 0.717) is 24.2 Å². The zero-order valence-corrected chi connectivity index (χ0v) is 10.4. The lowest BCUT2D eigenvalue weighted by molar-refractivity contribution is -0.116. The van der Waals surface area contributed by atoms with Crippen molar-refractivity contribution >= 4 is 17.3 Å². The number of nitrogens with one attached hydrogen (secondary N) is 1. The minimum Gasteiger partial charge on any atom is -0.399 e. The predicted octanol–water partition coefficient (Wildman–Crippen LogP) is 2.98. The maximum atomic E-state index is 12.9. The van der Waals surface area contributed by atoms with Gasteiger partial charge in [-0.1, -0.05) is 18.2 Å². The summed E-state index contributed by atoms with van der Waals surface area (Å²) >= 11 is 0. The standard InChI is InChI=1S/C15H15FN2O/c16-12-4-2-6-14(10-12)18-15(19)8-7-11-3-1-5-13(17)9-11/h1-6,9-10H,7-8,17H2,(H,18,19). The molecule has 0 aliphatic carbocycles. The lowest BCUT2D eigenvalue weighted by Crippen LogP contribution is -2.12. The van der Waals surface area contributed by atoms with Crippen LogP contribution in [0, 0.1) is 5.82 Å². The third-order valence-electron chi connectivity index (χ3n) is 2.70. The van der Waals surface area contributed by atoms with Crippen molar-refractivity contribution in [2.45, 2.75) is 12.8 Å². The average Bonchev–Trinajstić information content (AvgIpc) is 2.36. The number of benzene rings is 2. The van der Waals surface area contributed by atoms with Crippen molar-refractivity contribution in [2.24, 2.45) is 0 Å². The smallest absolute Gasteiger partial charge is 0.224 e. The second-order valence-electron chi connectivity index (χ2n) is 4.30. The molecule has 0 unspecified atom stereocenters. The first-order valence-corrected chi connectivity index (χ1v) is 6.03. The average molecular weight is 258 g/mol. The summed E-state index contributed by atoms with van der Waals surface area (Å²) in [6.45, 7) is 0. The quantitative estimate of drug-likeness (QED) is 0.828. The van der Waals surface area contributed by atoms with Crippen LogP contribution in [0.1, 0.15) is 12.0 Å². The molecule has 0 aliphatic rings. The second kappa shape index (κ2) is 6.00. The number of amides is 1. The second-order valence-corrected chi connectivity index (χ2v) is 4.30. The van der Waals surface area contributed by atoms with Crippen molar-refractivity contribution in [1.82, 2.24) is 0 Å². The van der Waals surface area contributed by atoms with E-state index < -0.39 is 0 Å². The Morgan fingerprint density at radius 2 is 1.95 bits per heavy atom. The van der Waals surface area contributed by atoms with Crippen LogP contribution in [0.2, 0.25) is 0 Å². The number of hydrogen-bond acceptors (Lipinski definition) is 2. The van der Waals surface area contributed by atoms with Crippen molar-refractivity contribution in [3.8, 4) is 0 Å². The van der Waals surface area contributed by atoms with Crippen molar-refractivity contribution in [2.75, 3.05) is 11.1 Å². The van der Waals surface area contributed by atoms with E-state index in [2.05, 4.69) is 5.32 Å². The molecule has 0 atom stereocenters. The van der Waals surface area contributed by atoms with Crippen LogP contribution in [-0.2, 0) is 11.2 Å². The third-order valence-corrected chi connectivity index (χ3v) is 2.70. The van der Waals surface area contributed by atoms with E-state index in [4.69, 9.17) is 5.73 Å². The predicted molar refractivity (Wildman–Crippen MR) is 74.2 cm³/mol. The van der Waals surface area contributed by atoms with Gasteiger partial charge in [-0.3, -0.25) is 4.79 Å². The molecule has 1 amide bonds. The molecule has 4 heteroatoms. The van der Waals surface area contributed by atoms with Gasteiger partial charge in [-0.2, -0.15) is 0 Å². The van der Waals surface area contributed by atoms with E-state index in [1.807, 2.05) is 18.2 Å². The molecule has 98 valence electrons. The Morgan fingerprint density at radius 1 is 1.16 bits per heavy atom. The van der Waals surface area contributed by atoms with Gasteiger partial charge in [-0.05, 0) is 42.3 Å². The highest BCUT2D eigenvalue weighted by Gasteiger charge is 2.04. The van der Waals surface area contributed by atoms with Gasteiger partial charge in [0.2, 0.25) is 5.91 Å². The van der Waals surface area contributed by atoms with Gasteiger partial charge in [0.05, 0.1) is 0 Å². The fourth-order valence-electron chi connectivity index (χ4n) is 1.80. The summed E-state index contributed by atoms with van der Waals surface area (Å²) in [5.74, 6) is -0.512. The molecule has 0 saturated heterocycles. The Labute approximate surface area is 111 Å². The van der Waals surface area contributed by atoms with Gasteiger partial charge in [-0.25, -0.2) is 4.39 Å². The van der Waals surface area contributed by atoms with Crippen molar-refractivity contribution in [3.05, 3.63) is 59.9 Å². The normalized spacial score (nSPS) is 10.2. The van der Waals surface area contributed by atoms with Gasteiger partial charge < -0.3 is 11.1 Å². The molecular weight excluding hydrogens is 243 g/mol. The number of hydrogen-bond donors (Lipinski definition) is 2. The zero-order valence-electron chi connectivity index (χ0n) is 10.4. The number of anilines is 2. The molecule has 0 aliphatic heterocycles.